The highest BCUT2D eigenvalue weighted by atomic mass is 16.1. The summed E-state index contributed by atoms with van der Waals surface area (Å²) < 4.78 is 0. The Morgan fingerprint density at radius 1 is 1.38 bits per heavy atom. The molecule has 0 heterocycles. The smallest absolute Gasteiger partial charge is 0.293 e. The van der Waals surface area contributed by atoms with Crippen LogP contribution in [-0.2, 0) is 4.79 Å². The second-order valence-electron chi connectivity index (χ2n) is 3.04. The molecule has 0 aromatic rings. The number of nitrogens with zero attached hydrogens (tertiary/aromatic N) is 1. The molecular weight excluding hydrogens is 164 g/mol. The summed E-state index contributed by atoms with van der Waals surface area (Å²) in [6, 6.07) is 0. The molecule has 2 N–H and O–H groups in total. The first-order valence-electron chi connectivity index (χ1n) is 4.57. The van der Waals surface area contributed by atoms with Gasteiger partial charge in [-0.15, -0.1) is 0 Å². The number of amides is 1. The summed E-state index contributed by atoms with van der Waals surface area (Å²) in [7, 11) is 3.92. The average Bonchev–Trinajstić information content (AvgIpc) is 2.85. The zero-order chi connectivity index (χ0) is 10.5. The van der Waals surface area contributed by atoms with E-state index in [9.17, 15) is 4.79 Å². The van der Waals surface area contributed by atoms with Crippen LogP contribution in [0, 0.1) is 11.8 Å². The van der Waals surface area contributed by atoms with Gasteiger partial charge < -0.3 is 5.73 Å². The maximum absolute atomic E-state index is 10.3. The van der Waals surface area contributed by atoms with E-state index < -0.39 is 5.91 Å². The molecule has 0 bridgehead atoms. The van der Waals surface area contributed by atoms with Gasteiger partial charge in [0.2, 0.25) is 0 Å². The molecule has 1 aliphatic rings. The number of primary amides is 1. The van der Waals surface area contributed by atoms with Crippen molar-refractivity contribution in [3.63, 3.8) is 0 Å². The fourth-order valence-electron chi connectivity index (χ4n) is 0.980. The minimum Gasteiger partial charge on any atom is -0.359 e. The first-order chi connectivity index (χ1) is 6.07. The molecule has 0 saturated heterocycles. The standard InChI is InChI=1S/C8H12N2O.C2H6/c1-10(2)8(5-6-8)4-3-7(9)11;1-2/h5-6H2,1-2H3,(H2,9,11);1-2H3. The van der Waals surface area contributed by atoms with Crippen LogP contribution >= 0.6 is 0 Å². The van der Waals surface area contributed by atoms with Gasteiger partial charge in [0.1, 0.15) is 0 Å². The normalized spacial score (nSPS) is 16.4. The maximum Gasteiger partial charge on any atom is 0.293 e. The van der Waals surface area contributed by atoms with Crippen molar-refractivity contribution in [2.75, 3.05) is 14.1 Å². The second-order valence-corrected chi connectivity index (χ2v) is 3.04. The number of hydrogen-bond acceptors (Lipinski definition) is 2. The third-order valence-electron chi connectivity index (χ3n) is 2.00. The number of carbonyl (C=O) groups is 1. The van der Waals surface area contributed by atoms with E-state index in [1.165, 1.54) is 0 Å². The summed E-state index contributed by atoms with van der Waals surface area (Å²) in [6.07, 6.45) is 2.08. The Morgan fingerprint density at radius 2 is 1.85 bits per heavy atom. The summed E-state index contributed by atoms with van der Waals surface area (Å²) in [5.41, 5.74) is 4.85. The van der Waals surface area contributed by atoms with Crippen molar-refractivity contribution in [3.8, 4) is 11.8 Å². The Labute approximate surface area is 80.3 Å². The molecule has 0 atom stereocenters. The lowest BCUT2D eigenvalue weighted by molar-refractivity contribution is -0.112. The van der Waals surface area contributed by atoms with E-state index in [0.717, 1.165) is 12.8 Å². The largest absolute Gasteiger partial charge is 0.359 e. The van der Waals surface area contributed by atoms with Crippen LogP contribution in [0.2, 0.25) is 0 Å². The van der Waals surface area contributed by atoms with E-state index in [-0.39, 0.29) is 5.54 Å². The second kappa shape index (κ2) is 4.88. The summed E-state index contributed by atoms with van der Waals surface area (Å²) >= 11 is 0. The predicted molar refractivity (Wildman–Crippen MR) is 54.0 cm³/mol. The first-order valence-corrected chi connectivity index (χ1v) is 4.57. The third kappa shape index (κ3) is 3.47. The Morgan fingerprint density at radius 3 is 2.08 bits per heavy atom. The Hall–Kier alpha value is -1.01. The highest BCUT2D eigenvalue weighted by Crippen LogP contribution is 2.38. The summed E-state index contributed by atoms with van der Waals surface area (Å²) in [6.45, 7) is 4.00. The molecule has 0 radical (unpaired) electrons. The van der Waals surface area contributed by atoms with E-state index >= 15 is 0 Å². The topological polar surface area (TPSA) is 46.3 Å². The minimum atomic E-state index is -0.543. The minimum absolute atomic E-state index is 0.0466. The Bertz CT molecular complexity index is 231. The van der Waals surface area contributed by atoms with Crippen LogP contribution in [0.15, 0.2) is 0 Å². The molecule has 0 unspecified atom stereocenters. The molecule has 1 fully saturated rings. The van der Waals surface area contributed by atoms with Gasteiger partial charge in [-0.05, 0) is 32.9 Å². The Balaban J connectivity index is 0.000000671. The van der Waals surface area contributed by atoms with E-state index in [2.05, 4.69) is 11.8 Å². The molecule has 3 heteroatoms. The summed E-state index contributed by atoms with van der Waals surface area (Å²) in [4.78, 5) is 12.4. The zero-order valence-corrected chi connectivity index (χ0v) is 8.85. The van der Waals surface area contributed by atoms with Crippen LogP contribution in [0.4, 0.5) is 0 Å². The molecular formula is C10H18N2O. The molecule has 0 aromatic carbocycles. The molecule has 1 amide bonds. The van der Waals surface area contributed by atoms with Crippen LogP contribution in [0.25, 0.3) is 0 Å². The van der Waals surface area contributed by atoms with Gasteiger partial charge in [0, 0.05) is 0 Å². The molecule has 3 nitrogen and oxygen atoms in total. The van der Waals surface area contributed by atoms with Gasteiger partial charge in [-0.25, -0.2) is 0 Å². The predicted octanol–water partition coefficient (Wildman–Crippen LogP) is 0.596. The van der Waals surface area contributed by atoms with Crippen LogP contribution in [0.1, 0.15) is 26.7 Å². The van der Waals surface area contributed by atoms with Gasteiger partial charge in [0.15, 0.2) is 0 Å². The van der Waals surface area contributed by atoms with E-state index in [4.69, 9.17) is 5.73 Å². The maximum atomic E-state index is 10.3. The zero-order valence-electron chi connectivity index (χ0n) is 8.85. The molecule has 74 valence electrons. The van der Waals surface area contributed by atoms with Crippen LogP contribution in [0.5, 0.6) is 0 Å². The third-order valence-corrected chi connectivity index (χ3v) is 2.00. The number of hydrogen-bond donors (Lipinski definition) is 1. The molecule has 13 heavy (non-hydrogen) atoms. The van der Waals surface area contributed by atoms with Gasteiger partial charge in [-0.3, -0.25) is 9.69 Å². The van der Waals surface area contributed by atoms with Gasteiger partial charge in [0.25, 0.3) is 5.91 Å². The number of nitrogens with two attached hydrogens (primary N) is 1. The van der Waals surface area contributed by atoms with E-state index in [1.54, 1.807) is 0 Å². The Kier molecular flexibility index (Phi) is 4.50. The quantitative estimate of drug-likeness (QED) is 0.603. The summed E-state index contributed by atoms with van der Waals surface area (Å²) in [5.74, 6) is 4.70. The number of rotatable bonds is 1. The van der Waals surface area contributed by atoms with Crippen molar-refractivity contribution in [1.29, 1.82) is 0 Å². The monoisotopic (exact) mass is 182 g/mol. The van der Waals surface area contributed by atoms with Crippen molar-refractivity contribution < 1.29 is 4.79 Å². The first kappa shape index (κ1) is 12.0. The van der Waals surface area contributed by atoms with Gasteiger partial charge in [0.05, 0.1) is 5.54 Å². The van der Waals surface area contributed by atoms with Crippen molar-refractivity contribution in [1.82, 2.24) is 4.90 Å². The lowest BCUT2D eigenvalue weighted by Gasteiger charge is -2.16. The fraction of sp³-hybridized carbons (Fsp3) is 0.700. The average molecular weight is 182 g/mol. The molecule has 1 rings (SSSR count). The van der Waals surface area contributed by atoms with E-state index in [0.29, 0.717) is 0 Å². The molecule has 1 aliphatic carbocycles. The van der Waals surface area contributed by atoms with Crippen molar-refractivity contribution >= 4 is 5.91 Å². The van der Waals surface area contributed by atoms with Gasteiger partial charge >= 0.3 is 0 Å². The molecule has 0 aliphatic heterocycles. The fourth-order valence-corrected chi connectivity index (χ4v) is 0.980. The van der Waals surface area contributed by atoms with Crippen LogP contribution < -0.4 is 5.73 Å². The van der Waals surface area contributed by atoms with Crippen molar-refractivity contribution in [3.05, 3.63) is 0 Å². The lowest BCUT2D eigenvalue weighted by atomic mass is 10.2. The SMILES string of the molecule is CC.CN(C)C1(C#CC(N)=O)CC1. The molecule has 1 saturated carbocycles. The van der Waals surface area contributed by atoms with E-state index in [1.807, 2.05) is 32.8 Å². The summed E-state index contributed by atoms with van der Waals surface area (Å²) in [5, 5.41) is 0. The molecule has 0 spiro atoms. The number of carbonyl (C=O) groups excluding carboxylic acids is 1. The van der Waals surface area contributed by atoms with Gasteiger partial charge in [-0.2, -0.15) is 0 Å². The highest BCUT2D eigenvalue weighted by molar-refractivity contribution is 5.92. The van der Waals surface area contributed by atoms with Crippen molar-refractivity contribution in [2.45, 2.75) is 32.2 Å². The van der Waals surface area contributed by atoms with Gasteiger partial charge in [-0.1, -0.05) is 19.8 Å². The van der Waals surface area contributed by atoms with Crippen LogP contribution in [-0.4, -0.2) is 30.4 Å². The van der Waals surface area contributed by atoms with Crippen LogP contribution in [0.3, 0.4) is 0 Å². The lowest BCUT2D eigenvalue weighted by Crippen LogP contribution is -2.28. The van der Waals surface area contributed by atoms with Crippen molar-refractivity contribution in [2.24, 2.45) is 5.73 Å². The highest BCUT2D eigenvalue weighted by Gasteiger charge is 2.43. The molecule has 0 aromatic heterocycles.